The Balaban J connectivity index is 2.78. The van der Waals surface area contributed by atoms with E-state index in [4.69, 9.17) is 5.26 Å². The third-order valence-electron chi connectivity index (χ3n) is 1.43. The van der Waals surface area contributed by atoms with Gasteiger partial charge in [-0.3, -0.25) is 4.98 Å². The number of nitrogens with zero attached hydrogens (tertiary/aromatic N) is 2. The van der Waals surface area contributed by atoms with Gasteiger partial charge in [0, 0.05) is 18.8 Å². The summed E-state index contributed by atoms with van der Waals surface area (Å²) in [6.45, 7) is 0. The number of aldehydes is 1. The molecule has 1 heterocycles. The van der Waals surface area contributed by atoms with Gasteiger partial charge in [0.15, 0.2) is 0 Å². The van der Waals surface area contributed by atoms with E-state index in [9.17, 15) is 4.79 Å². The summed E-state index contributed by atoms with van der Waals surface area (Å²) in [7, 11) is 0. The largest absolute Gasteiger partial charge is 0.303 e. The van der Waals surface area contributed by atoms with E-state index in [1.54, 1.807) is 24.4 Å². The first-order chi connectivity index (χ1) is 6.36. The predicted octanol–water partition coefficient (Wildman–Crippen LogP) is 1.56. The minimum Gasteiger partial charge on any atom is -0.303 e. The Labute approximate surface area is 76.3 Å². The SMILES string of the molecule is N#Cc1cncc(C=CCC=O)c1. The zero-order valence-electron chi connectivity index (χ0n) is 6.97. The van der Waals surface area contributed by atoms with Gasteiger partial charge in [0.2, 0.25) is 0 Å². The second-order valence-corrected chi connectivity index (χ2v) is 2.42. The average molecular weight is 172 g/mol. The molecule has 0 aliphatic carbocycles. The number of allylic oxidation sites excluding steroid dienone is 1. The Kier molecular flexibility index (Phi) is 3.40. The number of aromatic nitrogens is 1. The van der Waals surface area contributed by atoms with Crippen LogP contribution in [0.1, 0.15) is 17.5 Å². The maximum atomic E-state index is 10.00. The highest BCUT2D eigenvalue weighted by Crippen LogP contribution is 2.03. The van der Waals surface area contributed by atoms with Crippen LogP contribution in [0, 0.1) is 11.3 Å². The summed E-state index contributed by atoms with van der Waals surface area (Å²) in [5.74, 6) is 0. The van der Waals surface area contributed by atoms with Crippen LogP contribution in [0.25, 0.3) is 6.08 Å². The van der Waals surface area contributed by atoms with Gasteiger partial charge in [0.25, 0.3) is 0 Å². The molecule has 3 nitrogen and oxygen atoms in total. The molecule has 0 amide bonds. The third kappa shape index (κ3) is 2.88. The van der Waals surface area contributed by atoms with Crippen LogP contribution in [0.4, 0.5) is 0 Å². The fraction of sp³-hybridized carbons (Fsp3) is 0.100. The van der Waals surface area contributed by atoms with E-state index in [2.05, 4.69) is 4.98 Å². The number of nitriles is 1. The molecule has 0 aromatic carbocycles. The smallest absolute Gasteiger partial charge is 0.123 e. The Morgan fingerprint density at radius 2 is 2.38 bits per heavy atom. The van der Waals surface area contributed by atoms with Crippen LogP contribution in [0.3, 0.4) is 0 Å². The molecule has 1 rings (SSSR count). The fourth-order valence-electron chi connectivity index (χ4n) is 0.870. The molecule has 0 saturated heterocycles. The Hall–Kier alpha value is -1.95. The van der Waals surface area contributed by atoms with Gasteiger partial charge >= 0.3 is 0 Å². The lowest BCUT2D eigenvalue weighted by atomic mass is 10.2. The second-order valence-electron chi connectivity index (χ2n) is 2.42. The Morgan fingerprint density at radius 3 is 3.08 bits per heavy atom. The fourth-order valence-corrected chi connectivity index (χ4v) is 0.870. The van der Waals surface area contributed by atoms with Crippen LogP contribution in [-0.2, 0) is 4.79 Å². The standard InChI is InChI=1S/C10H8N2O/c11-6-10-5-9(7-12-8-10)3-1-2-4-13/h1,3-5,7-8H,2H2. The van der Waals surface area contributed by atoms with Gasteiger partial charge < -0.3 is 4.79 Å². The molecule has 0 spiro atoms. The first-order valence-electron chi connectivity index (χ1n) is 3.82. The summed E-state index contributed by atoms with van der Waals surface area (Å²) in [6, 6.07) is 3.71. The molecule has 1 aromatic rings. The molecule has 0 aliphatic rings. The highest BCUT2D eigenvalue weighted by molar-refractivity contribution is 5.58. The van der Waals surface area contributed by atoms with Crippen molar-refractivity contribution in [1.82, 2.24) is 4.98 Å². The van der Waals surface area contributed by atoms with E-state index in [0.29, 0.717) is 12.0 Å². The molecule has 0 N–H and O–H groups in total. The highest BCUT2D eigenvalue weighted by atomic mass is 16.1. The Bertz CT molecular complexity index is 363. The topological polar surface area (TPSA) is 53.8 Å². The quantitative estimate of drug-likeness (QED) is 0.650. The molecule has 0 saturated carbocycles. The number of carbonyl (C=O) groups excluding carboxylic acids is 1. The summed E-state index contributed by atoms with van der Waals surface area (Å²) in [5.41, 5.74) is 1.36. The summed E-state index contributed by atoms with van der Waals surface area (Å²) in [4.78, 5) is 13.9. The van der Waals surface area contributed by atoms with Gasteiger partial charge in [-0.2, -0.15) is 5.26 Å². The normalized spacial score (nSPS) is 9.77. The summed E-state index contributed by atoms with van der Waals surface area (Å²) in [6.07, 6.45) is 7.83. The zero-order chi connectivity index (χ0) is 9.52. The minimum atomic E-state index is 0.386. The van der Waals surface area contributed by atoms with Gasteiger partial charge in [0.1, 0.15) is 12.4 Å². The molecule has 13 heavy (non-hydrogen) atoms. The van der Waals surface area contributed by atoms with Crippen LogP contribution >= 0.6 is 0 Å². The molecule has 0 bridgehead atoms. The third-order valence-corrected chi connectivity index (χ3v) is 1.43. The highest BCUT2D eigenvalue weighted by Gasteiger charge is 1.90. The average Bonchev–Trinajstić information content (AvgIpc) is 2.19. The van der Waals surface area contributed by atoms with Crippen molar-refractivity contribution in [2.75, 3.05) is 0 Å². The lowest BCUT2D eigenvalue weighted by Crippen LogP contribution is -1.80. The van der Waals surface area contributed by atoms with Gasteiger partial charge in [-0.25, -0.2) is 0 Å². The second kappa shape index (κ2) is 4.83. The van der Waals surface area contributed by atoms with E-state index < -0.39 is 0 Å². The summed E-state index contributed by atoms with van der Waals surface area (Å²) < 4.78 is 0. The van der Waals surface area contributed by atoms with Gasteiger partial charge in [0.05, 0.1) is 5.56 Å². The molecule has 0 fully saturated rings. The molecule has 0 unspecified atom stereocenters. The lowest BCUT2D eigenvalue weighted by Gasteiger charge is -1.91. The lowest BCUT2D eigenvalue weighted by molar-refractivity contribution is -0.107. The van der Waals surface area contributed by atoms with Crippen LogP contribution in [-0.4, -0.2) is 11.3 Å². The molecule has 0 radical (unpaired) electrons. The van der Waals surface area contributed by atoms with Crippen molar-refractivity contribution in [2.45, 2.75) is 6.42 Å². The van der Waals surface area contributed by atoms with Crippen molar-refractivity contribution in [1.29, 1.82) is 5.26 Å². The van der Waals surface area contributed by atoms with Gasteiger partial charge in [-0.05, 0) is 11.6 Å². The monoisotopic (exact) mass is 172 g/mol. The van der Waals surface area contributed by atoms with Gasteiger partial charge in [-0.1, -0.05) is 12.2 Å². The molecular formula is C10H8N2O. The van der Waals surface area contributed by atoms with E-state index in [1.807, 2.05) is 6.07 Å². The molecule has 1 aromatic heterocycles. The molecule has 0 atom stereocenters. The first-order valence-corrected chi connectivity index (χ1v) is 3.82. The maximum absolute atomic E-state index is 10.00. The molecule has 64 valence electrons. The van der Waals surface area contributed by atoms with Gasteiger partial charge in [-0.15, -0.1) is 0 Å². The van der Waals surface area contributed by atoms with Crippen LogP contribution in [0.5, 0.6) is 0 Å². The maximum Gasteiger partial charge on any atom is 0.123 e. The van der Waals surface area contributed by atoms with Crippen LogP contribution < -0.4 is 0 Å². The van der Waals surface area contributed by atoms with E-state index in [1.165, 1.54) is 6.20 Å². The number of carbonyl (C=O) groups is 1. The molecule has 3 heteroatoms. The van der Waals surface area contributed by atoms with Crippen molar-refractivity contribution >= 4 is 12.4 Å². The van der Waals surface area contributed by atoms with E-state index >= 15 is 0 Å². The van der Waals surface area contributed by atoms with Crippen molar-refractivity contribution in [3.8, 4) is 6.07 Å². The number of pyridine rings is 1. The van der Waals surface area contributed by atoms with Crippen molar-refractivity contribution in [2.24, 2.45) is 0 Å². The molecule has 0 aliphatic heterocycles. The number of hydrogen-bond donors (Lipinski definition) is 0. The summed E-state index contributed by atoms with van der Waals surface area (Å²) in [5, 5.41) is 8.56. The number of rotatable bonds is 3. The zero-order valence-corrected chi connectivity index (χ0v) is 6.97. The number of hydrogen-bond acceptors (Lipinski definition) is 3. The minimum absolute atomic E-state index is 0.386. The van der Waals surface area contributed by atoms with E-state index in [-0.39, 0.29) is 0 Å². The van der Waals surface area contributed by atoms with E-state index in [0.717, 1.165) is 11.8 Å². The van der Waals surface area contributed by atoms with Crippen molar-refractivity contribution in [3.63, 3.8) is 0 Å². The predicted molar refractivity (Wildman–Crippen MR) is 48.7 cm³/mol. The van der Waals surface area contributed by atoms with Crippen LogP contribution in [0.2, 0.25) is 0 Å². The van der Waals surface area contributed by atoms with Crippen molar-refractivity contribution in [3.05, 3.63) is 35.7 Å². The summed E-state index contributed by atoms with van der Waals surface area (Å²) >= 11 is 0. The Morgan fingerprint density at radius 1 is 1.54 bits per heavy atom. The molecular weight excluding hydrogens is 164 g/mol. The van der Waals surface area contributed by atoms with Crippen molar-refractivity contribution < 1.29 is 4.79 Å². The van der Waals surface area contributed by atoms with Crippen LogP contribution in [0.15, 0.2) is 24.5 Å². The first kappa shape index (κ1) is 9.14.